The topological polar surface area (TPSA) is 78.0 Å². The molecule has 0 spiro atoms. The Kier molecular flexibility index (Phi) is 6.31. The zero-order valence-corrected chi connectivity index (χ0v) is 19.2. The molecule has 3 aromatic rings. The van der Waals surface area contributed by atoms with Gasteiger partial charge in [0.25, 0.3) is 5.91 Å². The van der Waals surface area contributed by atoms with Gasteiger partial charge in [0, 0.05) is 19.5 Å². The third kappa shape index (κ3) is 4.39. The Morgan fingerprint density at radius 2 is 1.79 bits per heavy atom. The highest BCUT2D eigenvalue weighted by molar-refractivity contribution is 6.07. The molecule has 0 N–H and O–H groups in total. The second-order valence-electron chi connectivity index (χ2n) is 7.98. The lowest BCUT2D eigenvalue weighted by Gasteiger charge is -2.14. The van der Waals surface area contributed by atoms with Gasteiger partial charge < -0.3 is 19.1 Å². The molecule has 1 aromatic heterocycles. The van der Waals surface area contributed by atoms with Gasteiger partial charge in [0.05, 0.1) is 31.0 Å². The number of nitrogens with zero attached hydrogens (tertiary/aromatic N) is 2. The molecular weight excluding hydrogens is 420 g/mol. The minimum absolute atomic E-state index is 0.271. The van der Waals surface area contributed by atoms with E-state index < -0.39 is 5.97 Å². The number of rotatable bonds is 6. The lowest BCUT2D eigenvalue weighted by molar-refractivity contribution is -0.131. The molecule has 0 atom stereocenters. The molecule has 1 aliphatic rings. The fourth-order valence-electron chi connectivity index (χ4n) is 3.98. The molecule has 1 aliphatic carbocycles. The highest BCUT2D eigenvalue weighted by atomic mass is 16.5. The quantitative estimate of drug-likeness (QED) is 0.533. The van der Waals surface area contributed by atoms with Crippen LogP contribution in [0.1, 0.15) is 33.6 Å². The van der Waals surface area contributed by atoms with Crippen LogP contribution in [0.3, 0.4) is 0 Å². The van der Waals surface area contributed by atoms with E-state index in [2.05, 4.69) is 6.08 Å². The highest BCUT2D eigenvalue weighted by Gasteiger charge is 2.28. The molecule has 7 heteroatoms. The largest absolute Gasteiger partial charge is 0.493 e. The van der Waals surface area contributed by atoms with E-state index in [1.807, 2.05) is 42.5 Å². The van der Waals surface area contributed by atoms with Crippen molar-refractivity contribution in [3.8, 4) is 11.5 Å². The number of aromatic nitrogens is 1. The summed E-state index contributed by atoms with van der Waals surface area (Å²) in [5, 5.41) is 0.728. The van der Waals surface area contributed by atoms with Crippen LogP contribution in [0.2, 0.25) is 0 Å². The van der Waals surface area contributed by atoms with Crippen molar-refractivity contribution >= 4 is 34.4 Å². The lowest BCUT2D eigenvalue weighted by Crippen LogP contribution is -2.27. The maximum atomic E-state index is 13.1. The summed E-state index contributed by atoms with van der Waals surface area (Å²) in [6.45, 7) is -0.300. The van der Waals surface area contributed by atoms with Crippen molar-refractivity contribution in [2.24, 2.45) is 0 Å². The maximum absolute atomic E-state index is 13.1. The van der Waals surface area contributed by atoms with Crippen molar-refractivity contribution in [1.82, 2.24) is 9.88 Å². The fraction of sp³-hybridized carbons (Fsp3) is 0.269. The number of methoxy groups -OCH3 is 2. The number of hydrogen-bond donors (Lipinski definition) is 0. The standard InChI is InChI=1S/C26H26N2O5/c1-28(2)23(29)15-33-26(30)24-18-7-5-6-8-20(18)27-25-17(10-11-19(24)25)13-16-9-12-21(31-3)22(14-16)32-4/h5-9,12-14H,10-11,15H2,1-4H3. The van der Waals surface area contributed by atoms with Crippen molar-refractivity contribution in [3.05, 3.63) is 64.8 Å². The summed E-state index contributed by atoms with van der Waals surface area (Å²) >= 11 is 0. The van der Waals surface area contributed by atoms with E-state index in [4.69, 9.17) is 19.2 Å². The van der Waals surface area contributed by atoms with E-state index in [1.165, 1.54) is 4.90 Å². The number of carbonyl (C=O) groups is 2. The van der Waals surface area contributed by atoms with Gasteiger partial charge in [0.2, 0.25) is 0 Å². The van der Waals surface area contributed by atoms with Crippen LogP contribution in [0.25, 0.3) is 22.6 Å². The van der Waals surface area contributed by atoms with Gasteiger partial charge in [-0.25, -0.2) is 9.78 Å². The summed E-state index contributed by atoms with van der Waals surface area (Å²) < 4.78 is 16.1. The van der Waals surface area contributed by atoms with Crippen molar-refractivity contribution in [2.45, 2.75) is 12.8 Å². The number of allylic oxidation sites excluding steroid dienone is 1. The maximum Gasteiger partial charge on any atom is 0.339 e. The molecule has 0 saturated heterocycles. The first kappa shape index (κ1) is 22.3. The SMILES string of the molecule is COc1ccc(C=C2CCc3c2nc2ccccc2c3C(=O)OCC(=O)N(C)C)cc1OC. The number of carbonyl (C=O) groups excluding carboxylic acids is 2. The van der Waals surface area contributed by atoms with Gasteiger partial charge in [-0.2, -0.15) is 0 Å². The molecule has 2 aromatic carbocycles. The van der Waals surface area contributed by atoms with Crippen LogP contribution >= 0.6 is 0 Å². The number of pyridine rings is 1. The lowest BCUT2D eigenvalue weighted by atomic mass is 10.0. The smallest absolute Gasteiger partial charge is 0.339 e. The minimum atomic E-state index is -0.507. The third-order valence-corrected chi connectivity index (χ3v) is 5.72. The number of ether oxygens (including phenoxy) is 3. The van der Waals surface area contributed by atoms with Gasteiger partial charge in [-0.1, -0.05) is 24.3 Å². The van der Waals surface area contributed by atoms with Crippen LogP contribution in [0.5, 0.6) is 11.5 Å². The molecule has 0 radical (unpaired) electrons. The first-order chi connectivity index (χ1) is 15.9. The molecule has 170 valence electrons. The minimum Gasteiger partial charge on any atom is -0.493 e. The molecule has 1 amide bonds. The Morgan fingerprint density at radius 3 is 2.52 bits per heavy atom. The Labute approximate surface area is 192 Å². The Balaban J connectivity index is 1.76. The zero-order valence-electron chi connectivity index (χ0n) is 19.2. The number of amides is 1. The summed E-state index contributed by atoms with van der Waals surface area (Å²) in [4.78, 5) is 31.3. The average Bonchev–Trinajstić information content (AvgIpc) is 3.22. The van der Waals surface area contributed by atoms with Crippen molar-refractivity contribution in [2.75, 3.05) is 34.9 Å². The number of fused-ring (bicyclic) bond motifs is 2. The van der Waals surface area contributed by atoms with Crippen LogP contribution in [0, 0.1) is 0 Å². The predicted molar refractivity (Wildman–Crippen MR) is 126 cm³/mol. The number of hydrogen-bond acceptors (Lipinski definition) is 6. The van der Waals surface area contributed by atoms with Crippen LogP contribution < -0.4 is 9.47 Å². The second-order valence-corrected chi connectivity index (χ2v) is 7.98. The molecule has 7 nitrogen and oxygen atoms in total. The van der Waals surface area contributed by atoms with E-state index in [1.54, 1.807) is 28.3 Å². The number of likely N-dealkylation sites (N-methyl/N-ethyl adjacent to an activating group) is 1. The van der Waals surface area contributed by atoms with Crippen molar-refractivity contribution in [3.63, 3.8) is 0 Å². The monoisotopic (exact) mass is 446 g/mol. The fourth-order valence-corrected chi connectivity index (χ4v) is 3.98. The predicted octanol–water partition coefficient (Wildman–Crippen LogP) is 3.98. The Morgan fingerprint density at radius 1 is 1.03 bits per heavy atom. The number of esters is 1. The first-order valence-corrected chi connectivity index (χ1v) is 10.6. The van der Waals surface area contributed by atoms with E-state index >= 15 is 0 Å². The van der Waals surface area contributed by atoms with Gasteiger partial charge in [-0.3, -0.25) is 4.79 Å². The van der Waals surface area contributed by atoms with Crippen LogP contribution in [0.15, 0.2) is 42.5 Å². The summed E-state index contributed by atoms with van der Waals surface area (Å²) in [5.74, 6) is 0.527. The van der Waals surface area contributed by atoms with Crippen LogP contribution in [-0.2, 0) is 16.0 Å². The summed E-state index contributed by atoms with van der Waals surface area (Å²) in [5.41, 5.74) is 4.81. The average molecular weight is 447 g/mol. The molecule has 0 fully saturated rings. The summed E-state index contributed by atoms with van der Waals surface area (Å²) in [6, 6.07) is 13.2. The molecule has 0 saturated carbocycles. The highest BCUT2D eigenvalue weighted by Crippen LogP contribution is 2.38. The van der Waals surface area contributed by atoms with Crippen LogP contribution in [-0.4, -0.2) is 56.7 Å². The van der Waals surface area contributed by atoms with Gasteiger partial charge in [0.15, 0.2) is 18.1 Å². The molecule has 1 heterocycles. The van der Waals surface area contributed by atoms with Gasteiger partial charge >= 0.3 is 5.97 Å². The Bertz CT molecular complexity index is 1260. The van der Waals surface area contributed by atoms with E-state index in [-0.39, 0.29) is 12.5 Å². The van der Waals surface area contributed by atoms with E-state index in [0.717, 1.165) is 34.2 Å². The Hall–Kier alpha value is -3.87. The second kappa shape index (κ2) is 9.32. The first-order valence-electron chi connectivity index (χ1n) is 10.6. The van der Waals surface area contributed by atoms with Gasteiger partial charge in [-0.05, 0) is 53.8 Å². The molecule has 33 heavy (non-hydrogen) atoms. The van der Waals surface area contributed by atoms with Gasteiger partial charge in [-0.15, -0.1) is 0 Å². The van der Waals surface area contributed by atoms with E-state index in [0.29, 0.717) is 29.0 Å². The normalized spacial score (nSPS) is 13.6. The zero-order chi connectivity index (χ0) is 23.5. The third-order valence-electron chi connectivity index (χ3n) is 5.72. The molecular formula is C26H26N2O5. The molecule has 4 rings (SSSR count). The number of benzene rings is 2. The molecule has 0 aliphatic heterocycles. The summed E-state index contributed by atoms with van der Waals surface area (Å²) in [6.07, 6.45) is 3.46. The van der Waals surface area contributed by atoms with Crippen molar-refractivity contribution < 1.29 is 23.8 Å². The molecule has 0 bridgehead atoms. The van der Waals surface area contributed by atoms with Crippen LogP contribution in [0.4, 0.5) is 0 Å². The summed E-state index contributed by atoms with van der Waals surface area (Å²) in [7, 11) is 6.46. The van der Waals surface area contributed by atoms with Crippen molar-refractivity contribution in [1.29, 1.82) is 0 Å². The number of para-hydroxylation sites is 1. The van der Waals surface area contributed by atoms with E-state index in [9.17, 15) is 9.59 Å². The molecule has 0 unspecified atom stereocenters. The van der Waals surface area contributed by atoms with Gasteiger partial charge in [0.1, 0.15) is 0 Å².